The average Bonchev–Trinajstić information content (AvgIpc) is 2.43. The van der Waals surface area contributed by atoms with Crippen LogP contribution in [-0.2, 0) is 10.0 Å². The van der Waals surface area contributed by atoms with Gasteiger partial charge in [0.2, 0.25) is 0 Å². The van der Waals surface area contributed by atoms with Gasteiger partial charge < -0.3 is 5.32 Å². The molecule has 21 heavy (non-hydrogen) atoms. The van der Waals surface area contributed by atoms with E-state index in [1.165, 1.54) is 25.4 Å². The van der Waals surface area contributed by atoms with Gasteiger partial charge in [-0.2, -0.15) is 0 Å². The van der Waals surface area contributed by atoms with E-state index in [1.807, 2.05) is 0 Å². The van der Waals surface area contributed by atoms with Crippen molar-refractivity contribution in [1.82, 2.24) is 4.98 Å². The van der Waals surface area contributed by atoms with Gasteiger partial charge in [0, 0.05) is 25.4 Å². The number of nitrogens with zero attached hydrogens (tertiary/aromatic N) is 1. The quantitative estimate of drug-likeness (QED) is 0.908. The molecule has 0 fully saturated rings. The Balaban J connectivity index is 2.48. The summed E-state index contributed by atoms with van der Waals surface area (Å²) in [4.78, 5) is 3.49. The summed E-state index contributed by atoms with van der Waals surface area (Å²) in [6.07, 6.45) is 1.35. The van der Waals surface area contributed by atoms with Crippen LogP contribution in [-0.4, -0.2) is 20.4 Å². The smallest absolute Gasteiger partial charge is 0.265 e. The summed E-state index contributed by atoms with van der Waals surface area (Å²) in [5.74, 6) is -3.85. The Kier molecular flexibility index (Phi) is 4.03. The SMILES string of the molecule is CNc1ncccc1S(=O)(=O)Nc1c(F)cc(F)cc1F. The molecule has 5 nitrogen and oxygen atoms in total. The van der Waals surface area contributed by atoms with Gasteiger partial charge in [-0.3, -0.25) is 4.72 Å². The number of halogens is 3. The Morgan fingerprint density at radius 3 is 2.33 bits per heavy atom. The molecule has 9 heteroatoms. The molecule has 2 N–H and O–H groups in total. The summed E-state index contributed by atoms with van der Waals surface area (Å²) in [7, 11) is -2.85. The number of nitrogens with one attached hydrogen (secondary N) is 2. The van der Waals surface area contributed by atoms with Crippen molar-refractivity contribution < 1.29 is 21.6 Å². The van der Waals surface area contributed by atoms with E-state index < -0.39 is 33.2 Å². The minimum Gasteiger partial charge on any atom is -0.372 e. The molecule has 0 saturated carbocycles. The normalized spacial score (nSPS) is 11.2. The highest BCUT2D eigenvalue weighted by atomic mass is 32.2. The van der Waals surface area contributed by atoms with Crippen LogP contribution in [0.3, 0.4) is 0 Å². The molecule has 0 aliphatic heterocycles. The fourth-order valence-electron chi connectivity index (χ4n) is 1.62. The van der Waals surface area contributed by atoms with Gasteiger partial charge in [0.25, 0.3) is 10.0 Å². The zero-order valence-electron chi connectivity index (χ0n) is 10.7. The number of rotatable bonds is 4. The second kappa shape index (κ2) is 5.60. The van der Waals surface area contributed by atoms with Gasteiger partial charge in [-0.25, -0.2) is 26.6 Å². The third-order valence-corrected chi connectivity index (χ3v) is 3.92. The van der Waals surface area contributed by atoms with E-state index in [4.69, 9.17) is 0 Å². The van der Waals surface area contributed by atoms with Crippen molar-refractivity contribution in [2.45, 2.75) is 4.90 Å². The topological polar surface area (TPSA) is 71.1 Å². The lowest BCUT2D eigenvalue weighted by Gasteiger charge is -2.12. The first kappa shape index (κ1) is 15.1. The predicted molar refractivity (Wildman–Crippen MR) is 70.9 cm³/mol. The van der Waals surface area contributed by atoms with Crippen LogP contribution in [0.4, 0.5) is 24.7 Å². The van der Waals surface area contributed by atoms with Crippen LogP contribution in [0, 0.1) is 17.5 Å². The standard InChI is InChI=1S/C12H10F3N3O2S/c1-16-12-10(3-2-4-17-12)21(19,20)18-11-8(14)5-7(13)6-9(11)15/h2-6,18H,1H3,(H,16,17). The molecule has 112 valence electrons. The number of hydrogen-bond acceptors (Lipinski definition) is 4. The van der Waals surface area contributed by atoms with Gasteiger partial charge in [0.15, 0.2) is 11.6 Å². The summed E-state index contributed by atoms with van der Waals surface area (Å²) in [5, 5.41) is 2.55. The monoisotopic (exact) mass is 317 g/mol. The van der Waals surface area contributed by atoms with Crippen molar-refractivity contribution in [2.75, 3.05) is 17.1 Å². The second-order valence-corrected chi connectivity index (χ2v) is 5.60. The number of sulfonamides is 1. The van der Waals surface area contributed by atoms with E-state index in [0.717, 1.165) is 0 Å². The molecule has 0 aliphatic carbocycles. The fraction of sp³-hybridized carbons (Fsp3) is 0.0833. The third kappa shape index (κ3) is 3.07. The summed E-state index contributed by atoms with van der Waals surface area (Å²) in [6.45, 7) is 0. The summed E-state index contributed by atoms with van der Waals surface area (Å²) in [6, 6.07) is 3.32. The maximum atomic E-state index is 13.5. The first-order valence-corrected chi connectivity index (χ1v) is 7.13. The summed E-state index contributed by atoms with van der Waals surface area (Å²) in [5.41, 5.74) is -0.956. The van der Waals surface area contributed by atoms with Crippen molar-refractivity contribution in [3.63, 3.8) is 0 Å². The Morgan fingerprint density at radius 2 is 1.76 bits per heavy atom. The van der Waals surface area contributed by atoms with Crippen LogP contribution in [0.5, 0.6) is 0 Å². The van der Waals surface area contributed by atoms with E-state index in [0.29, 0.717) is 12.1 Å². The maximum Gasteiger partial charge on any atom is 0.265 e. The summed E-state index contributed by atoms with van der Waals surface area (Å²) < 4.78 is 65.9. The van der Waals surface area contributed by atoms with Crippen molar-refractivity contribution in [2.24, 2.45) is 0 Å². The van der Waals surface area contributed by atoms with E-state index in [1.54, 1.807) is 4.72 Å². The number of pyridine rings is 1. The van der Waals surface area contributed by atoms with Crippen LogP contribution in [0.15, 0.2) is 35.4 Å². The minimum absolute atomic E-state index is 0.00734. The zero-order chi connectivity index (χ0) is 15.6. The highest BCUT2D eigenvalue weighted by molar-refractivity contribution is 7.92. The van der Waals surface area contributed by atoms with Crippen LogP contribution in [0.25, 0.3) is 0 Å². The molecule has 0 atom stereocenters. The highest BCUT2D eigenvalue weighted by Crippen LogP contribution is 2.25. The van der Waals surface area contributed by atoms with Gasteiger partial charge in [-0.05, 0) is 12.1 Å². The first-order chi connectivity index (χ1) is 9.85. The van der Waals surface area contributed by atoms with Crippen LogP contribution in [0.2, 0.25) is 0 Å². The van der Waals surface area contributed by atoms with Crippen molar-refractivity contribution >= 4 is 21.5 Å². The van der Waals surface area contributed by atoms with Crippen LogP contribution < -0.4 is 10.0 Å². The van der Waals surface area contributed by atoms with Crippen molar-refractivity contribution in [1.29, 1.82) is 0 Å². The second-order valence-electron chi connectivity index (χ2n) is 3.95. The Bertz CT molecular complexity index is 758. The predicted octanol–water partition coefficient (Wildman–Crippen LogP) is 2.34. The molecule has 1 heterocycles. The maximum absolute atomic E-state index is 13.5. The third-order valence-electron chi connectivity index (χ3n) is 2.54. The molecular weight excluding hydrogens is 307 g/mol. The van der Waals surface area contributed by atoms with E-state index in [2.05, 4.69) is 10.3 Å². The average molecular weight is 317 g/mol. The van der Waals surface area contributed by atoms with Gasteiger partial charge in [-0.15, -0.1) is 0 Å². The van der Waals surface area contributed by atoms with E-state index >= 15 is 0 Å². The Hall–Kier alpha value is -2.29. The summed E-state index contributed by atoms with van der Waals surface area (Å²) >= 11 is 0. The highest BCUT2D eigenvalue weighted by Gasteiger charge is 2.23. The molecule has 2 rings (SSSR count). The van der Waals surface area contributed by atoms with E-state index in [9.17, 15) is 21.6 Å². The molecule has 0 spiro atoms. The molecule has 2 aromatic rings. The van der Waals surface area contributed by atoms with Crippen LogP contribution in [0.1, 0.15) is 0 Å². The Labute approximate surface area is 118 Å². The number of anilines is 2. The molecule has 0 bridgehead atoms. The first-order valence-electron chi connectivity index (χ1n) is 5.65. The lowest BCUT2D eigenvalue weighted by atomic mass is 10.3. The minimum atomic E-state index is -4.29. The van der Waals surface area contributed by atoms with Crippen LogP contribution >= 0.6 is 0 Å². The molecule has 0 aliphatic rings. The molecule has 0 unspecified atom stereocenters. The van der Waals surface area contributed by atoms with Gasteiger partial charge >= 0.3 is 0 Å². The molecule has 1 aromatic carbocycles. The molecule has 0 radical (unpaired) electrons. The molecule has 0 saturated heterocycles. The van der Waals surface area contributed by atoms with Crippen molar-refractivity contribution in [3.8, 4) is 0 Å². The van der Waals surface area contributed by atoms with Gasteiger partial charge in [-0.1, -0.05) is 0 Å². The van der Waals surface area contributed by atoms with E-state index in [-0.39, 0.29) is 10.7 Å². The Morgan fingerprint density at radius 1 is 1.14 bits per heavy atom. The van der Waals surface area contributed by atoms with Gasteiger partial charge in [0.05, 0.1) is 0 Å². The number of benzene rings is 1. The number of aromatic nitrogens is 1. The lowest BCUT2D eigenvalue weighted by Crippen LogP contribution is -2.17. The molecule has 1 aromatic heterocycles. The van der Waals surface area contributed by atoms with Crippen molar-refractivity contribution in [3.05, 3.63) is 47.9 Å². The van der Waals surface area contributed by atoms with Gasteiger partial charge in [0.1, 0.15) is 22.2 Å². The molecule has 0 amide bonds. The fourth-order valence-corrected chi connectivity index (χ4v) is 2.86. The number of hydrogen-bond donors (Lipinski definition) is 2. The lowest BCUT2D eigenvalue weighted by molar-refractivity contribution is 0.547. The largest absolute Gasteiger partial charge is 0.372 e. The molecular formula is C12H10F3N3O2S. The zero-order valence-corrected chi connectivity index (χ0v) is 11.5.